The summed E-state index contributed by atoms with van der Waals surface area (Å²) in [5, 5.41) is 0.512. The van der Waals surface area contributed by atoms with Crippen molar-refractivity contribution < 1.29 is 0 Å². The van der Waals surface area contributed by atoms with Crippen LogP contribution in [0.1, 0.15) is 43.3 Å². The Morgan fingerprint density at radius 1 is 1.00 bits per heavy atom. The molecule has 0 aliphatic heterocycles. The fraction of sp³-hybridized carbons (Fsp3) is 0.278. The quantitative estimate of drug-likeness (QED) is 0.531. The number of pyridine rings is 1. The molecule has 0 amide bonds. The normalized spacial score (nSPS) is 13.0. The van der Waals surface area contributed by atoms with E-state index in [4.69, 9.17) is 28.2 Å². The summed E-state index contributed by atoms with van der Waals surface area (Å²) in [6, 6.07) is 12.3. The highest BCUT2D eigenvalue weighted by Crippen LogP contribution is 2.33. The van der Waals surface area contributed by atoms with Gasteiger partial charge in [0, 0.05) is 11.8 Å². The molecule has 2 aromatic heterocycles. The first kappa shape index (κ1) is 15.4. The van der Waals surface area contributed by atoms with Gasteiger partial charge in [0.25, 0.3) is 0 Å². The summed E-state index contributed by atoms with van der Waals surface area (Å²) in [7, 11) is 0. The molecule has 0 saturated carbocycles. The molecule has 0 aliphatic rings. The van der Waals surface area contributed by atoms with Gasteiger partial charge >= 0.3 is 0 Å². The minimum atomic E-state index is -0.159. The van der Waals surface area contributed by atoms with Crippen LogP contribution >= 0.6 is 23.2 Å². The van der Waals surface area contributed by atoms with Gasteiger partial charge in [0.1, 0.15) is 5.65 Å². The third-order valence-electron chi connectivity index (χ3n) is 3.85. The first-order valence-corrected chi connectivity index (χ1v) is 8.20. The minimum Gasteiger partial charge on any atom is -0.300 e. The first-order chi connectivity index (χ1) is 10.5. The first-order valence-electron chi connectivity index (χ1n) is 7.39. The van der Waals surface area contributed by atoms with E-state index in [1.54, 1.807) is 0 Å². The maximum absolute atomic E-state index is 6.41. The summed E-state index contributed by atoms with van der Waals surface area (Å²) in [6.07, 6.45) is 1.87. The van der Waals surface area contributed by atoms with Crippen LogP contribution in [0, 0.1) is 0 Å². The molecule has 2 nitrogen and oxygen atoms in total. The van der Waals surface area contributed by atoms with Crippen molar-refractivity contribution in [3.8, 4) is 11.3 Å². The van der Waals surface area contributed by atoms with Crippen LogP contribution in [0.25, 0.3) is 16.9 Å². The number of fused-ring (bicyclic) bond motifs is 1. The van der Waals surface area contributed by atoms with Gasteiger partial charge in [-0.15, -0.1) is 11.6 Å². The monoisotopic (exact) mass is 332 g/mol. The maximum Gasteiger partial charge on any atom is 0.137 e. The molecule has 3 rings (SSSR count). The van der Waals surface area contributed by atoms with Crippen LogP contribution in [0.5, 0.6) is 0 Å². The standard InChI is InChI=1S/C18H18Cl2N2/c1-11(2)13-4-6-14(7-5-13)17-18(12(3)19)22-10-15(20)8-9-16(22)21-17/h4-12H,1-3H3. The number of imidazole rings is 1. The summed E-state index contributed by atoms with van der Waals surface area (Å²) in [6.45, 7) is 6.33. The van der Waals surface area contributed by atoms with Gasteiger partial charge in [-0.2, -0.15) is 0 Å². The molecule has 22 heavy (non-hydrogen) atoms. The highest BCUT2D eigenvalue weighted by Gasteiger charge is 2.18. The molecule has 0 spiro atoms. The third kappa shape index (κ3) is 2.73. The lowest BCUT2D eigenvalue weighted by Gasteiger charge is -2.09. The Morgan fingerprint density at radius 3 is 2.27 bits per heavy atom. The van der Waals surface area contributed by atoms with E-state index in [-0.39, 0.29) is 5.38 Å². The Labute approximate surface area is 140 Å². The number of nitrogens with zero attached hydrogens (tertiary/aromatic N) is 2. The van der Waals surface area contributed by atoms with Crippen LogP contribution in [0.4, 0.5) is 0 Å². The van der Waals surface area contributed by atoms with E-state index in [1.165, 1.54) is 5.56 Å². The van der Waals surface area contributed by atoms with Gasteiger partial charge in [-0.25, -0.2) is 4.98 Å². The molecule has 4 heteroatoms. The van der Waals surface area contributed by atoms with Crippen molar-refractivity contribution in [2.75, 3.05) is 0 Å². The van der Waals surface area contributed by atoms with Crippen LogP contribution < -0.4 is 0 Å². The average Bonchev–Trinajstić information content (AvgIpc) is 2.85. The molecular formula is C18H18Cl2N2. The van der Waals surface area contributed by atoms with E-state index >= 15 is 0 Å². The predicted octanol–water partition coefficient (Wildman–Crippen LogP) is 6.08. The number of rotatable bonds is 3. The Morgan fingerprint density at radius 2 is 1.68 bits per heavy atom. The predicted molar refractivity (Wildman–Crippen MR) is 94.0 cm³/mol. The number of halogens is 2. The van der Waals surface area contributed by atoms with Gasteiger partial charge in [-0.3, -0.25) is 0 Å². The summed E-state index contributed by atoms with van der Waals surface area (Å²) in [4.78, 5) is 4.74. The molecule has 3 aromatic rings. The van der Waals surface area contributed by atoms with E-state index in [0.717, 1.165) is 22.6 Å². The fourth-order valence-corrected chi connectivity index (χ4v) is 3.02. The number of aromatic nitrogens is 2. The Bertz CT molecular complexity index is 802. The Balaban J connectivity index is 2.19. The SMILES string of the molecule is CC(C)c1ccc(-c2nc3ccc(Cl)cn3c2C(C)Cl)cc1. The van der Waals surface area contributed by atoms with E-state index in [0.29, 0.717) is 10.9 Å². The summed E-state index contributed by atoms with van der Waals surface area (Å²) in [5.41, 5.74) is 5.13. The van der Waals surface area contributed by atoms with Gasteiger partial charge < -0.3 is 4.40 Å². The largest absolute Gasteiger partial charge is 0.300 e. The number of benzene rings is 1. The summed E-state index contributed by atoms with van der Waals surface area (Å²) in [5.74, 6) is 0.514. The second kappa shape index (κ2) is 5.94. The molecule has 1 atom stereocenters. The lowest BCUT2D eigenvalue weighted by Crippen LogP contribution is -1.95. The molecule has 0 aliphatic carbocycles. The Hall–Kier alpha value is -1.51. The molecular weight excluding hydrogens is 315 g/mol. The van der Waals surface area contributed by atoms with Crippen LogP contribution in [0.15, 0.2) is 42.6 Å². The highest BCUT2D eigenvalue weighted by molar-refractivity contribution is 6.30. The van der Waals surface area contributed by atoms with Crippen molar-refractivity contribution in [2.24, 2.45) is 0 Å². The van der Waals surface area contributed by atoms with Crippen molar-refractivity contribution in [2.45, 2.75) is 32.1 Å². The lowest BCUT2D eigenvalue weighted by molar-refractivity contribution is 0.867. The number of hydrogen-bond acceptors (Lipinski definition) is 1. The average molecular weight is 333 g/mol. The van der Waals surface area contributed by atoms with Gasteiger partial charge in [0.2, 0.25) is 0 Å². The second-order valence-corrected chi connectivity index (χ2v) is 6.90. The van der Waals surface area contributed by atoms with Crippen LogP contribution in [0.2, 0.25) is 5.02 Å². The fourth-order valence-electron chi connectivity index (χ4n) is 2.66. The van der Waals surface area contributed by atoms with Gasteiger partial charge in [0.05, 0.1) is 21.8 Å². The third-order valence-corrected chi connectivity index (χ3v) is 4.28. The smallest absolute Gasteiger partial charge is 0.137 e. The Kier molecular flexibility index (Phi) is 4.16. The molecule has 2 heterocycles. The molecule has 0 bridgehead atoms. The zero-order chi connectivity index (χ0) is 15.9. The van der Waals surface area contributed by atoms with Crippen molar-refractivity contribution >= 4 is 28.8 Å². The molecule has 0 saturated heterocycles. The van der Waals surface area contributed by atoms with Crippen LogP contribution in [-0.4, -0.2) is 9.38 Å². The summed E-state index contributed by atoms with van der Waals surface area (Å²) >= 11 is 12.5. The summed E-state index contributed by atoms with van der Waals surface area (Å²) < 4.78 is 1.98. The zero-order valence-corrected chi connectivity index (χ0v) is 14.4. The number of hydrogen-bond donors (Lipinski definition) is 0. The zero-order valence-electron chi connectivity index (χ0n) is 12.8. The van der Waals surface area contributed by atoms with E-state index in [9.17, 15) is 0 Å². The van der Waals surface area contributed by atoms with E-state index in [1.807, 2.05) is 29.7 Å². The number of alkyl halides is 1. The molecule has 0 N–H and O–H groups in total. The molecule has 0 fully saturated rings. The van der Waals surface area contributed by atoms with Crippen LogP contribution in [-0.2, 0) is 0 Å². The molecule has 0 radical (unpaired) electrons. The van der Waals surface area contributed by atoms with Crippen molar-refractivity contribution in [1.82, 2.24) is 9.38 Å². The van der Waals surface area contributed by atoms with E-state index < -0.39 is 0 Å². The van der Waals surface area contributed by atoms with Gasteiger partial charge in [-0.05, 0) is 30.5 Å². The van der Waals surface area contributed by atoms with Gasteiger partial charge in [0.15, 0.2) is 0 Å². The van der Waals surface area contributed by atoms with Crippen molar-refractivity contribution in [3.05, 3.63) is 58.9 Å². The van der Waals surface area contributed by atoms with Crippen molar-refractivity contribution in [3.63, 3.8) is 0 Å². The molecule has 1 aromatic carbocycles. The molecule has 114 valence electrons. The van der Waals surface area contributed by atoms with E-state index in [2.05, 4.69) is 38.1 Å². The lowest BCUT2D eigenvalue weighted by atomic mass is 10.00. The minimum absolute atomic E-state index is 0.159. The van der Waals surface area contributed by atoms with Gasteiger partial charge in [-0.1, -0.05) is 49.7 Å². The molecule has 1 unspecified atom stereocenters. The van der Waals surface area contributed by atoms with Crippen LogP contribution in [0.3, 0.4) is 0 Å². The second-order valence-electron chi connectivity index (χ2n) is 5.81. The maximum atomic E-state index is 6.41. The highest BCUT2D eigenvalue weighted by atomic mass is 35.5. The van der Waals surface area contributed by atoms with Crippen molar-refractivity contribution in [1.29, 1.82) is 0 Å². The topological polar surface area (TPSA) is 17.3 Å².